The lowest BCUT2D eigenvalue weighted by molar-refractivity contribution is -0.156. The molecular weight excluding hydrogens is 142 g/mol. The number of nitrogens with one attached hydrogen (secondary N) is 1. The van der Waals surface area contributed by atoms with Crippen molar-refractivity contribution < 1.29 is 9.53 Å². The van der Waals surface area contributed by atoms with Crippen molar-refractivity contribution >= 4 is 5.97 Å². The van der Waals surface area contributed by atoms with Crippen molar-refractivity contribution in [1.82, 2.24) is 5.32 Å². The molecule has 0 radical (unpaired) electrons. The van der Waals surface area contributed by atoms with Gasteiger partial charge in [0.25, 0.3) is 0 Å². The summed E-state index contributed by atoms with van der Waals surface area (Å²) in [5, 5.41) is 3.20. The lowest BCUT2D eigenvalue weighted by Gasteiger charge is -2.35. The summed E-state index contributed by atoms with van der Waals surface area (Å²) in [6.07, 6.45) is 4.86. The van der Waals surface area contributed by atoms with Crippen LogP contribution in [0.25, 0.3) is 0 Å². The van der Waals surface area contributed by atoms with Crippen molar-refractivity contribution in [3.05, 3.63) is 0 Å². The van der Waals surface area contributed by atoms with Crippen molar-refractivity contribution in [3.8, 4) is 0 Å². The zero-order valence-corrected chi connectivity index (χ0v) is 6.51. The molecule has 3 heteroatoms. The quantitative estimate of drug-likeness (QED) is 0.516. The van der Waals surface area contributed by atoms with Gasteiger partial charge in [0.15, 0.2) is 0 Å². The molecule has 0 bridgehead atoms. The summed E-state index contributed by atoms with van der Waals surface area (Å²) in [6.45, 7) is 0.404. The Morgan fingerprint density at radius 1 is 1.36 bits per heavy atom. The van der Waals surface area contributed by atoms with Gasteiger partial charge in [0, 0.05) is 6.04 Å². The topological polar surface area (TPSA) is 38.3 Å². The SMILES string of the molecule is O=C1CN[C@@H]2CCCC[C@H]2O1. The number of morpholine rings is 1. The molecule has 1 heterocycles. The van der Waals surface area contributed by atoms with Crippen LogP contribution in [0.2, 0.25) is 0 Å². The summed E-state index contributed by atoms with van der Waals surface area (Å²) >= 11 is 0. The van der Waals surface area contributed by atoms with Gasteiger partial charge < -0.3 is 10.1 Å². The number of carbonyl (C=O) groups is 1. The maximum absolute atomic E-state index is 10.8. The standard InChI is InChI=1S/C8H13NO2/c10-8-5-9-6-3-1-2-4-7(6)11-8/h6-7,9H,1-5H2/t6-,7-/m1/s1. The highest BCUT2D eigenvalue weighted by Gasteiger charge is 2.31. The molecule has 1 saturated heterocycles. The van der Waals surface area contributed by atoms with E-state index in [1.807, 2.05) is 0 Å². The molecule has 0 spiro atoms. The second-order valence-corrected chi connectivity index (χ2v) is 3.30. The van der Waals surface area contributed by atoms with Crippen molar-refractivity contribution in [1.29, 1.82) is 0 Å². The Balaban J connectivity index is 1.98. The monoisotopic (exact) mass is 155 g/mol. The molecule has 0 aromatic heterocycles. The van der Waals surface area contributed by atoms with Crippen LogP contribution in [0.1, 0.15) is 25.7 Å². The van der Waals surface area contributed by atoms with Gasteiger partial charge in [0.05, 0.1) is 6.54 Å². The normalized spacial score (nSPS) is 37.6. The molecule has 1 saturated carbocycles. The van der Waals surface area contributed by atoms with Crippen LogP contribution in [-0.2, 0) is 9.53 Å². The van der Waals surface area contributed by atoms with E-state index in [1.54, 1.807) is 0 Å². The lowest BCUT2D eigenvalue weighted by Crippen LogP contribution is -2.51. The minimum absolute atomic E-state index is 0.0897. The summed E-state index contributed by atoms with van der Waals surface area (Å²) in [7, 11) is 0. The molecule has 2 aliphatic rings. The van der Waals surface area contributed by atoms with E-state index in [0.29, 0.717) is 12.6 Å². The third kappa shape index (κ3) is 1.38. The predicted octanol–water partition coefficient (Wildman–Crippen LogP) is 0.444. The van der Waals surface area contributed by atoms with Crippen molar-refractivity contribution in [2.45, 2.75) is 37.8 Å². The number of esters is 1. The largest absolute Gasteiger partial charge is 0.460 e. The fourth-order valence-electron chi connectivity index (χ4n) is 1.90. The number of rotatable bonds is 0. The van der Waals surface area contributed by atoms with Gasteiger partial charge in [0.2, 0.25) is 0 Å². The van der Waals surface area contributed by atoms with Crippen molar-refractivity contribution in [3.63, 3.8) is 0 Å². The zero-order chi connectivity index (χ0) is 7.68. The Hall–Kier alpha value is -0.570. The highest BCUT2D eigenvalue weighted by Crippen LogP contribution is 2.23. The van der Waals surface area contributed by atoms with E-state index in [9.17, 15) is 4.79 Å². The van der Waals surface area contributed by atoms with Crippen molar-refractivity contribution in [2.24, 2.45) is 0 Å². The summed E-state index contributed by atoms with van der Waals surface area (Å²) in [4.78, 5) is 10.8. The first-order valence-corrected chi connectivity index (χ1v) is 4.29. The van der Waals surface area contributed by atoms with Gasteiger partial charge >= 0.3 is 5.97 Å². The van der Waals surface area contributed by atoms with E-state index in [1.165, 1.54) is 12.8 Å². The minimum Gasteiger partial charge on any atom is -0.460 e. The third-order valence-corrected chi connectivity index (χ3v) is 2.49. The molecule has 2 fully saturated rings. The molecule has 2 atom stereocenters. The Bertz CT molecular complexity index is 169. The number of ether oxygens (including phenoxy) is 1. The average Bonchev–Trinajstić information content (AvgIpc) is 2.04. The van der Waals surface area contributed by atoms with Gasteiger partial charge in [-0.3, -0.25) is 4.79 Å². The molecule has 3 nitrogen and oxygen atoms in total. The fourth-order valence-corrected chi connectivity index (χ4v) is 1.90. The van der Waals surface area contributed by atoms with Crippen LogP contribution in [0.15, 0.2) is 0 Å². The number of hydrogen-bond acceptors (Lipinski definition) is 3. The summed E-state index contributed by atoms with van der Waals surface area (Å²) in [5.74, 6) is -0.0897. The highest BCUT2D eigenvalue weighted by atomic mass is 16.5. The second kappa shape index (κ2) is 2.81. The molecule has 0 aromatic rings. The van der Waals surface area contributed by atoms with E-state index in [2.05, 4.69) is 5.32 Å². The minimum atomic E-state index is -0.0897. The van der Waals surface area contributed by atoms with Crippen LogP contribution >= 0.6 is 0 Å². The van der Waals surface area contributed by atoms with Crippen molar-refractivity contribution in [2.75, 3.05) is 6.54 Å². The molecule has 0 unspecified atom stereocenters. The molecule has 1 aliphatic carbocycles. The van der Waals surface area contributed by atoms with E-state index in [4.69, 9.17) is 4.74 Å². The maximum Gasteiger partial charge on any atom is 0.320 e. The first-order valence-electron chi connectivity index (χ1n) is 4.29. The first kappa shape index (κ1) is 7.10. The van der Waals surface area contributed by atoms with Crippen LogP contribution in [0.3, 0.4) is 0 Å². The molecule has 62 valence electrons. The van der Waals surface area contributed by atoms with E-state index in [-0.39, 0.29) is 12.1 Å². The summed E-state index contributed by atoms with van der Waals surface area (Å²) in [6, 6.07) is 0.446. The van der Waals surface area contributed by atoms with Crippen LogP contribution in [-0.4, -0.2) is 24.7 Å². The molecule has 0 aromatic carbocycles. The molecule has 1 N–H and O–H groups in total. The highest BCUT2D eigenvalue weighted by molar-refractivity contribution is 5.72. The van der Waals surface area contributed by atoms with Crippen LogP contribution in [0, 0.1) is 0 Å². The molecule has 11 heavy (non-hydrogen) atoms. The van der Waals surface area contributed by atoms with Crippen LogP contribution in [0.5, 0.6) is 0 Å². The van der Waals surface area contributed by atoms with Gasteiger partial charge in [-0.1, -0.05) is 6.42 Å². The smallest absolute Gasteiger partial charge is 0.320 e. The maximum atomic E-state index is 10.8. The zero-order valence-electron chi connectivity index (χ0n) is 6.51. The van der Waals surface area contributed by atoms with E-state index >= 15 is 0 Å². The van der Waals surface area contributed by atoms with Gasteiger partial charge in [-0.05, 0) is 19.3 Å². The van der Waals surface area contributed by atoms with Crippen LogP contribution in [0.4, 0.5) is 0 Å². The van der Waals surface area contributed by atoms with Gasteiger partial charge in [-0.25, -0.2) is 0 Å². The Morgan fingerprint density at radius 2 is 2.18 bits per heavy atom. The van der Waals surface area contributed by atoms with Gasteiger partial charge in [-0.2, -0.15) is 0 Å². The van der Waals surface area contributed by atoms with E-state index in [0.717, 1.165) is 12.8 Å². The lowest BCUT2D eigenvalue weighted by atomic mass is 9.91. The van der Waals surface area contributed by atoms with Gasteiger partial charge in [0.1, 0.15) is 6.10 Å². The summed E-state index contributed by atoms with van der Waals surface area (Å²) < 4.78 is 5.19. The Kier molecular flexibility index (Phi) is 1.82. The Labute approximate surface area is 66.1 Å². The number of carbonyl (C=O) groups excluding carboxylic acids is 1. The third-order valence-electron chi connectivity index (χ3n) is 2.49. The number of fused-ring (bicyclic) bond motifs is 1. The van der Waals surface area contributed by atoms with E-state index < -0.39 is 0 Å². The molecule has 2 rings (SSSR count). The van der Waals surface area contributed by atoms with Gasteiger partial charge in [-0.15, -0.1) is 0 Å². The molecular formula is C8H13NO2. The molecule has 0 amide bonds. The van der Waals surface area contributed by atoms with Crippen LogP contribution < -0.4 is 5.32 Å². The molecule has 1 aliphatic heterocycles. The number of hydrogen-bond donors (Lipinski definition) is 1. The first-order chi connectivity index (χ1) is 5.36. The Morgan fingerprint density at radius 3 is 3.09 bits per heavy atom. The predicted molar refractivity (Wildman–Crippen MR) is 40.1 cm³/mol. The average molecular weight is 155 g/mol. The summed E-state index contributed by atoms with van der Waals surface area (Å²) in [5.41, 5.74) is 0. The fraction of sp³-hybridized carbons (Fsp3) is 0.875. The second-order valence-electron chi connectivity index (χ2n) is 3.30.